The first-order chi connectivity index (χ1) is 13.8. The minimum Gasteiger partial charge on any atom is -0.369 e. The normalized spacial score (nSPS) is 18.8. The first kappa shape index (κ1) is 19.0. The lowest BCUT2D eigenvalue weighted by Gasteiger charge is -2.36. The third kappa shape index (κ3) is 4.93. The van der Waals surface area contributed by atoms with E-state index >= 15 is 0 Å². The molecule has 2 fully saturated rings. The summed E-state index contributed by atoms with van der Waals surface area (Å²) in [7, 11) is 0. The fourth-order valence-corrected chi connectivity index (χ4v) is 4.36. The van der Waals surface area contributed by atoms with E-state index in [1.54, 1.807) is 0 Å². The molecule has 0 spiro atoms. The van der Waals surface area contributed by atoms with Crippen molar-refractivity contribution in [1.82, 2.24) is 4.90 Å². The predicted octanol–water partition coefficient (Wildman–Crippen LogP) is 4.53. The van der Waals surface area contributed by atoms with Crippen molar-refractivity contribution in [1.29, 1.82) is 0 Å². The summed E-state index contributed by atoms with van der Waals surface area (Å²) in [4.78, 5) is 17.4. The lowest BCUT2D eigenvalue weighted by atomic mass is 9.88. The van der Waals surface area contributed by atoms with Crippen LogP contribution in [0.4, 0.5) is 11.4 Å². The molecule has 2 aliphatic rings. The summed E-state index contributed by atoms with van der Waals surface area (Å²) < 4.78 is 0. The van der Waals surface area contributed by atoms with Gasteiger partial charge in [0.15, 0.2) is 0 Å². The molecule has 1 N–H and O–H groups in total. The van der Waals surface area contributed by atoms with Gasteiger partial charge in [-0.15, -0.1) is 0 Å². The van der Waals surface area contributed by atoms with Gasteiger partial charge in [-0.2, -0.15) is 0 Å². The Morgan fingerprint density at radius 1 is 0.857 bits per heavy atom. The summed E-state index contributed by atoms with van der Waals surface area (Å²) in [5.41, 5.74) is 3.55. The predicted molar refractivity (Wildman–Crippen MR) is 116 cm³/mol. The van der Waals surface area contributed by atoms with E-state index in [2.05, 4.69) is 69.7 Å². The minimum atomic E-state index is 0.199. The molecule has 2 aromatic carbocycles. The molecular formula is C24H31N3O. The molecule has 0 unspecified atom stereocenters. The number of nitrogens with zero attached hydrogens (tertiary/aromatic N) is 2. The summed E-state index contributed by atoms with van der Waals surface area (Å²) in [6.07, 6.45) is 5.74. The summed E-state index contributed by atoms with van der Waals surface area (Å²) in [6.45, 7) is 5.27. The number of carbonyl (C=O) groups excluding carboxylic acids is 1. The zero-order chi connectivity index (χ0) is 19.2. The van der Waals surface area contributed by atoms with Crippen LogP contribution in [0.25, 0.3) is 0 Å². The van der Waals surface area contributed by atoms with E-state index in [-0.39, 0.29) is 11.8 Å². The molecule has 148 valence electrons. The summed E-state index contributed by atoms with van der Waals surface area (Å²) in [5, 5.41) is 3.11. The Morgan fingerprint density at radius 3 is 2.21 bits per heavy atom. The highest BCUT2D eigenvalue weighted by molar-refractivity contribution is 5.92. The Morgan fingerprint density at radius 2 is 1.54 bits per heavy atom. The molecule has 4 nitrogen and oxygen atoms in total. The second kappa shape index (κ2) is 9.24. The molecule has 1 saturated heterocycles. The van der Waals surface area contributed by atoms with E-state index in [0.29, 0.717) is 0 Å². The van der Waals surface area contributed by atoms with Crippen LogP contribution in [0.5, 0.6) is 0 Å². The molecule has 28 heavy (non-hydrogen) atoms. The Bertz CT molecular complexity index is 745. The van der Waals surface area contributed by atoms with Crippen LogP contribution in [-0.4, -0.2) is 37.0 Å². The number of para-hydroxylation sites is 1. The second-order valence-corrected chi connectivity index (χ2v) is 8.12. The highest BCUT2D eigenvalue weighted by Crippen LogP contribution is 2.25. The third-order valence-corrected chi connectivity index (χ3v) is 6.10. The van der Waals surface area contributed by atoms with Gasteiger partial charge in [0.1, 0.15) is 0 Å². The zero-order valence-corrected chi connectivity index (χ0v) is 16.6. The molecule has 0 bridgehead atoms. The Labute approximate surface area is 168 Å². The molecule has 1 aliphatic carbocycles. The van der Waals surface area contributed by atoms with Gasteiger partial charge in [-0.1, -0.05) is 49.6 Å². The molecule has 1 amide bonds. The first-order valence-corrected chi connectivity index (χ1v) is 10.7. The van der Waals surface area contributed by atoms with Crippen molar-refractivity contribution in [2.75, 3.05) is 36.4 Å². The number of nitrogens with one attached hydrogen (secondary N) is 1. The van der Waals surface area contributed by atoms with E-state index in [4.69, 9.17) is 0 Å². The zero-order valence-electron chi connectivity index (χ0n) is 16.6. The van der Waals surface area contributed by atoms with Crippen molar-refractivity contribution in [3.05, 3.63) is 60.2 Å². The number of hydrogen-bond acceptors (Lipinski definition) is 3. The van der Waals surface area contributed by atoms with Gasteiger partial charge in [0.05, 0.1) is 0 Å². The van der Waals surface area contributed by atoms with Crippen LogP contribution in [0.15, 0.2) is 54.6 Å². The molecule has 0 aromatic heterocycles. The van der Waals surface area contributed by atoms with Crippen molar-refractivity contribution in [3.63, 3.8) is 0 Å². The second-order valence-electron chi connectivity index (χ2n) is 8.12. The van der Waals surface area contributed by atoms with Gasteiger partial charge in [-0.3, -0.25) is 9.69 Å². The topological polar surface area (TPSA) is 35.6 Å². The van der Waals surface area contributed by atoms with Crippen LogP contribution < -0.4 is 10.2 Å². The van der Waals surface area contributed by atoms with Gasteiger partial charge < -0.3 is 10.2 Å². The number of piperazine rings is 1. The van der Waals surface area contributed by atoms with Crippen LogP contribution in [0.1, 0.15) is 37.7 Å². The summed E-state index contributed by atoms with van der Waals surface area (Å²) in [6, 6.07) is 19.1. The fourth-order valence-electron chi connectivity index (χ4n) is 4.36. The molecular weight excluding hydrogens is 346 g/mol. The fraction of sp³-hybridized carbons (Fsp3) is 0.458. The average molecular weight is 378 g/mol. The van der Waals surface area contributed by atoms with Crippen molar-refractivity contribution >= 4 is 17.3 Å². The molecule has 1 aliphatic heterocycles. The number of anilines is 2. The molecule has 1 heterocycles. The number of amides is 1. The van der Waals surface area contributed by atoms with Crippen LogP contribution in [-0.2, 0) is 11.3 Å². The molecule has 4 rings (SSSR count). The molecule has 4 heteroatoms. The van der Waals surface area contributed by atoms with Crippen LogP contribution in [0, 0.1) is 5.92 Å². The van der Waals surface area contributed by atoms with E-state index < -0.39 is 0 Å². The van der Waals surface area contributed by atoms with Gasteiger partial charge in [-0.05, 0) is 42.7 Å². The number of rotatable bonds is 5. The number of hydrogen-bond donors (Lipinski definition) is 1. The smallest absolute Gasteiger partial charge is 0.227 e. The number of benzene rings is 2. The van der Waals surface area contributed by atoms with Crippen LogP contribution in [0.2, 0.25) is 0 Å². The minimum absolute atomic E-state index is 0.199. The highest BCUT2D eigenvalue weighted by atomic mass is 16.1. The van der Waals surface area contributed by atoms with Gasteiger partial charge in [0, 0.05) is 50.0 Å². The van der Waals surface area contributed by atoms with Crippen molar-refractivity contribution < 1.29 is 4.79 Å². The van der Waals surface area contributed by atoms with E-state index in [1.165, 1.54) is 30.5 Å². The third-order valence-electron chi connectivity index (χ3n) is 6.10. The maximum Gasteiger partial charge on any atom is 0.227 e. The van der Waals surface area contributed by atoms with Crippen LogP contribution in [0.3, 0.4) is 0 Å². The molecule has 0 radical (unpaired) electrons. The standard InChI is InChI=1S/C24H31N3O/c28-24(21-7-3-1-4-8-21)25-22-13-11-20(12-14-22)19-26-15-17-27(18-16-26)23-9-5-2-6-10-23/h2,5-6,9-14,21H,1,3-4,7-8,15-19H2,(H,25,28). The van der Waals surface area contributed by atoms with E-state index in [0.717, 1.165) is 51.3 Å². The number of carbonyl (C=O) groups is 1. The Hall–Kier alpha value is -2.33. The van der Waals surface area contributed by atoms with Gasteiger partial charge in [-0.25, -0.2) is 0 Å². The van der Waals surface area contributed by atoms with Crippen molar-refractivity contribution in [2.24, 2.45) is 5.92 Å². The Kier molecular flexibility index (Phi) is 6.27. The summed E-state index contributed by atoms with van der Waals surface area (Å²) >= 11 is 0. The molecule has 1 saturated carbocycles. The maximum atomic E-state index is 12.4. The molecule has 2 aromatic rings. The average Bonchev–Trinajstić information content (AvgIpc) is 2.77. The largest absolute Gasteiger partial charge is 0.369 e. The van der Waals surface area contributed by atoms with E-state index in [1.807, 2.05) is 0 Å². The van der Waals surface area contributed by atoms with Gasteiger partial charge >= 0.3 is 0 Å². The Balaban J connectivity index is 1.25. The van der Waals surface area contributed by atoms with Gasteiger partial charge in [0.2, 0.25) is 5.91 Å². The quantitative estimate of drug-likeness (QED) is 0.832. The highest BCUT2D eigenvalue weighted by Gasteiger charge is 2.21. The monoisotopic (exact) mass is 377 g/mol. The van der Waals surface area contributed by atoms with Crippen molar-refractivity contribution in [3.8, 4) is 0 Å². The molecule has 0 atom stereocenters. The summed E-state index contributed by atoms with van der Waals surface area (Å²) in [5.74, 6) is 0.402. The lowest BCUT2D eigenvalue weighted by molar-refractivity contribution is -0.120. The first-order valence-electron chi connectivity index (χ1n) is 10.7. The lowest BCUT2D eigenvalue weighted by Crippen LogP contribution is -2.45. The van der Waals surface area contributed by atoms with E-state index in [9.17, 15) is 4.79 Å². The maximum absolute atomic E-state index is 12.4. The van der Waals surface area contributed by atoms with Crippen LogP contribution >= 0.6 is 0 Å². The SMILES string of the molecule is O=C(Nc1ccc(CN2CCN(c3ccccc3)CC2)cc1)C1CCCCC1. The van der Waals surface area contributed by atoms with Crippen molar-refractivity contribution in [2.45, 2.75) is 38.6 Å². The van der Waals surface area contributed by atoms with Gasteiger partial charge in [0.25, 0.3) is 0 Å².